The first-order chi connectivity index (χ1) is 18.5. The third kappa shape index (κ3) is 4.71. The van der Waals surface area contributed by atoms with Crippen LogP contribution >= 0.6 is 0 Å². The van der Waals surface area contributed by atoms with Gasteiger partial charge in [0.05, 0.1) is 34.9 Å². The number of nitrogens with zero attached hydrogens (tertiary/aromatic N) is 5. The van der Waals surface area contributed by atoms with Crippen molar-refractivity contribution in [1.82, 2.24) is 24.5 Å². The van der Waals surface area contributed by atoms with E-state index in [1.54, 1.807) is 35.6 Å². The highest BCUT2D eigenvalue weighted by atomic mass is 19.1. The van der Waals surface area contributed by atoms with Crippen LogP contribution in [0.4, 0.5) is 20.4 Å². The fourth-order valence-electron chi connectivity index (χ4n) is 5.65. The van der Waals surface area contributed by atoms with Crippen molar-refractivity contribution in [3.05, 3.63) is 71.7 Å². The number of carbonyl (C=O) groups is 1. The van der Waals surface area contributed by atoms with Crippen LogP contribution in [0.2, 0.25) is 0 Å². The van der Waals surface area contributed by atoms with E-state index in [4.69, 9.17) is 5.73 Å². The number of rotatable bonds is 6. The minimum atomic E-state index is -0.726. The number of likely N-dealkylation sites (tertiary alicyclic amines) is 1. The third-order valence-corrected chi connectivity index (χ3v) is 7.54. The first kappa shape index (κ1) is 24.4. The van der Waals surface area contributed by atoms with Crippen molar-refractivity contribution in [3.8, 4) is 11.3 Å². The molecule has 0 bridgehead atoms. The van der Waals surface area contributed by atoms with E-state index in [-0.39, 0.29) is 29.8 Å². The van der Waals surface area contributed by atoms with Crippen LogP contribution in [-0.2, 0) is 11.3 Å². The van der Waals surface area contributed by atoms with E-state index in [0.717, 1.165) is 43.4 Å². The molecule has 1 aliphatic carbocycles. The van der Waals surface area contributed by atoms with Gasteiger partial charge in [-0.1, -0.05) is 6.42 Å². The van der Waals surface area contributed by atoms with Gasteiger partial charge in [-0.25, -0.2) is 13.8 Å². The average Bonchev–Trinajstić information content (AvgIpc) is 3.49. The molecule has 38 heavy (non-hydrogen) atoms. The topological polar surface area (TPSA) is 101 Å². The van der Waals surface area contributed by atoms with Crippen LogP contribution in [0.1, 0.15) is 55.6 Å². The SMILES string of the molecule is NC1CCCC(c2ccncc2Nc2ncc3ccc(-c4c(F)cc(CN5CCCC5=O)cc4F)nn23)C1. The number of nitrogens with one attached hydrogen (secondary N) is 1. The van der Waals surface area contributed by atoms with Crippen LogP contribution in [0, 0.1) is 11.6 Å². The molecule has 2 unspecified atom stereocenters. The molecule has 1 saturated carbocycles. The Kier molecular flexibility index (Phi) is 6.49. The summed E-state index contributed by atoms with van der Waals surface area (Å²) in [5, 5.41) is 7.86. The number of carbonyl (C=O) groups excluding carboxylic acids is 1. The lowest BCUT2D eigenvalue weighted by Crippen LogP contribution is -2.27. The van der Waals surface area contributed by atoms with Crippen LogP contribution in [0.3, 0.4) is 0 Å². The lowest BCUT2D eigenvalue weighted by atomic mass is 9.81. The zero-order valence-electron chi connectivity index (χ0n) is 20.9. The van der Waals surface area contributed by atoms with E-state index in [1.165, 1.54) is 16.6 Å². The first-order valence-corrected chi connectivity index (χ1v) is 13.0. The molecule has 8 nitrogen and oxygen atoms in total. The number of pyridine rings is 1. The maximum Gasteiger partial charge on any atom is 0.229 e. The molecule has 3 N–H and O–H groups in total. The highest BCUT2D eigenvalue weighted by Gasteiger charge is 2.24. The smallest absolute Gasteiger partial charge is 0.229 e. The number of benzene rings is 1. The number of amides is 1. The second kappa shape index (κ2) is 10.1. The first-order valence-electron chi connectivity index (χ1n) is 13.0. The van der Waals surface area contributed by atoms with Crippen molar-refractivity contribution in [2.75, 3.05) is 11.9 Å². The number of nitrogens with two attached hydrogens (primary N) is 1. The second-order valence-corrected chi connectivity index (χ2v) is 10.2. The van der Waals surface area contributed by atoms with Crippen LogP contribution in [0.5, 0.6) is 0 Å². The van der Waals surface area contributed by atoms with Crippen molar-refractivity contribution in [3.63, 3.8) is 0 Å². The minimum absolute atomic E-state index is 0.00486. The second-order valence-electron chi connectivity index (χ2n) is 10.2. The van der Waals surface area contributed by atoms with Gasteiger partial charge in [-0.3, -0.25) is 9.78 Å². The molecule has 4 aromatic rings. The van der Waals surface area contributed by atoms with Crippen molar-refractivity contribution in [1.29, 1.82) is 0 Å². The number of hydrogen-bond donors (Lipinski definition) is 2. The summed E-state index contributed by atoms with van der Waals surface area (Å²) in [4.78, 5) is 22.3. The largest absolute Gasteiger partial charge is 0.338 e. The molecule has 4 heterocycles. The molecule has 1 aromatic carbocycles. The van der Waals surface area contributed by atoms with Crippen molar-refractivity contribution >= 4 is 23.1 Å². The number of aromatic nitrogens is 4. The molecule has 2 fully saturated rings. The zero-order chi connectivity index (χ0) is 26.2. The van der Waals surface area contributed by atoms with Gasteiger partial charge in [0, 0.05) is 31.7 Å². The average molecular weight is 518 g/mol. The number of hydrogen-bond acceptors (Lipinski definition) is 6. The van der Waals surface area contributed by atoms with Crippen molar-refractivity contribution in [2.45, 2.75) is 57.0 Å². The van der Waals surface area contributed by atoms with Gasteiger partial charge >= 0.3 is 0 Å². The van der Waals surface area contributed by atoms with Gasteiger partial charge in [0.2, 0.25) is 11.9 Å². The van der Waals surface area contributed by atoms with Crippen LogP contribution in [-0.4, -0.2) is 43.0 Å². The van der Waals surface area contributed by atoms with E-state index in [0.29, 0.717) is 35.9 Å². The summed E-state index contributed by atoms with van der Waals surface area (Å²) in [5.74, 6) is -0.712. The third-order valence-electron chi connectivity index (χ3n) is 7.54. The van der Waals surface area contributed by atoms with Gasteiger partial charge in [0.15, 0.2) is 0 Å². The lowest BCUT2D eigenvalue weighted by Gasteiger charge is -2.28. The predicted octanol–water partition coefficient (Wildman–Crippen LogP) is 4.92. The Morgan fingerprint density at radius 2 is 1.92 bits per heavy atom. The maximum atomic E-state index is 15.2. The van der Waals surface area contributed by atoms with E-state index < -0.39 is 11.6 Å². The number of halogens is 2. The lowest BCUT2D eigenvalue weighted by molar-refractivity contribution is -0.128. The fraction of sp³-hybridized carbons (Fsp3) is 0.357. The fourth-order valence-corrected chi connectivity index (χ4v) is 5.65. The quantitative estimate of drug-likeness (QED) is 0.377. The maximum absolute atomic E-state index is 15.2. The summed E-state index contributed by atoms with van der Waals surface area (Å²) in [6.45, 7) is 0.791. The Balaban J connectivity index is 1.30. The zero-order valence-corrected chi connectivity index (χ0v) is 20.9. The molecule has 0 spiro atoms. The summed E-state index contributed by atoms with van der Waals surface area (Å²) in [5.41, 5.74) is 9.17. The number of fused-ring (bicyclic) bond motifs is 1. The molecule has 1 aliphatic heterocycles. The Morgan fingerprint density at radius 1 is 1.08 bits per heavy atom. The van der Waals surface area contributed by atoms with Gasteiger partial charge in [-0.15, -0.1) is 0 Å². The highest BCUT2D eigenvalue weighted by Crippen LogP contribution is 2.36. The van der Waals surface area contributed by atoms with E-state index in [9.17, 15) is 4.79 Å². The Labute approximate surface area is 218 Å². The molecule has 2 atom stereocenters. The van der Waals surface area contributed by atoms with E-state index in [2.05, 4.69) is 20.4 Å². The molecule has 3 aromatic heterocycles. The number of imidazole rings is 1. The van der Waals surface area contributed by atoms with Crippen molar-refractivity contribution in [2.24, 2.45) is 5.73 Å². The standard InChI is InChI=1S/C28H29F2N7O/c29-22-11-17(16-36-10-2-5-26(36)38)12-23(30)27(22)24-7-6-20-14-33-28(37(20)35-24)34-25-15-32-9-8-21(25)18-3-1-4-19(31)13-18/h6-9,11-12,14-15,18-19H,1-5,10,13,16,31H2,(H,33,34). The molecule has 0 radical (unpaired) electrons. The van der Waals surface area contributed by atoms with E-state index >= 15 is 8.78 Å². The number of anilines is 2. The molecule has 6 rings (SSSR count). The minimum Gasteiger partial charge on any atom is -0.338 e. The molecular weight excluding hydrogens is 488 g/mol. The van der Waals surface area contributed by atoms with Crippen LogP contribution < -0.4 is 11.1 Å². The molecule has 1 amide bonds. The van der Waals surface area contributed by atoms with Crippen LogP contribution in [0.15, 0.2) is 48.9 Å². The van der Waals surface area contributed by atoms with Gasteiger partial charge in [-0.2, -0.15) is 9.61 Å². The Bertz CT molecular complexity index is 1480. The molecular formula is C28H29F2N7O. The predicted molar refractivity (Wildman–Crippen MR) is 140 cm³/mol. The highest BCUT2D eigenvalue weighted by molar-refractivity contribution is 5.78. The molecule has 10 heteroatoms. The Hall–Kier alpha value is -3.92. The van der Waals surface area contributed by atoms with Gasteiger partial charge < -0.3 is 16.0 Å². The van der Waals surface area contributed by atoms with Gasteiger partial charge in [0.1, 0.15) is 11.6 Å². The van der Waals surface area contributed by atoms with E-state index in [1.807, 2.05) is 6.07 Å². The Morgan fingerprint density at radius 3 is 2.68 bits per heavy atom. The van der Waals surface area contributed by atoms with Crippen LogP contribution in [0.25, 0.3) is 16.8 Å². The van der Waals surface area contributed by atoms with Crippen molar-refractivity contribution < 1.29 is 13.6 Å². The molecule has 1 saturated heterocycles. The van der Waals surface area contributed by atoms with Gasteiger partial charge in [-0.05, 0) is 73.1 Å². The summed E-state index contributed by atoms with van der Waals surface area (Å²) in [6.07, 6.45) is 10.5. The summed E-state index contributed by atoms with van der Waals surface area (Å²) in [7, 11) is 0. The summed E-state index contributed by atoms with van der Waals surface area (Å²) >= 11 is 0. The normalized spacial score (nSPS) is 19.9. The molecule has 196 valence electrons. The summed E-state index contributed by atoms with van der Waals surface area (Å²) in [6, 6.07) is 8.03. The monoisotopic (exact) mass is 517 g/mol. The molecule has 2 aliphatic rings. The van der Waals surface area contributed by atoms with Gasteiger partial charge in [0.25, 0.3) is 0 Å². The summed E-state index contributed by atoms with van der Waals surface area (Å²) < 4.78 is 31.9.